The molecule has 2 nitrogen and oxygen atoms in total. The van der Waals surface area contributed by atoms with Gasteiger partial charge in [0.1, 0.15) is 0 Å². The molecule has 1 fully saturated rings. The highest BCUT2D eigenvalue weighted by atomic mass is 15.2. The van der Waals surface area contributed by atoms with Gasteiger partial charge in [0.15, 0.2) is 0 Å². The molecular weight excluding hydrogens is 196 g/mol. The first-order valence-corrected chi connectivity index (χ1v) is 7.22. The summed E-state index contributed by atoms with van der Waals surface area (Å²) in [4.78, 5) is 2.72. The van der Waals surface area contributed by atoms with Gasteiger partial charge in [-0.25, -0.2) is 0 Å². The third-order valence-corrected chi connectivity index (χ3v) is 4.15. The number of unbranched alkanes of at least 4 members (excludes halogenated alkanes) is 2. The Morgan fingerprint density at radius 3 is 2.56 bits per heavy atom. The lowest BCUT2D eigenvalue weighted by Crippen LogP contribution is -2.46. The van der Waals surface area contributed by atoms with Gasteiger partial charge in [-0.2, -0.15) is 0 Å². The maximum atomic E-state index is 5.97. The zero-order valence-corrected chi connectivity index (χ0v) is 11.4. The van der Waals surface area contributed by atoms with E-state index < -0.39 is 0 Å². The molecule has 3 unspecified atom stereocenters. The first kappa shape index (κ1) is 14.0. The van der Waals surface area contributed by atoms with Gasteiger partial charge in [0, 0.05) is 24.7 Å². The zero-order chi connectivity index (χ0) is 12.0. The summed E-state index contributed by atoms with van der Waals surface area (Å²) in [6, 6.07) is 2.18. The van der Waals surface area contributed by atoms with Crippen LogP contribution >= 0.6 is 0 Å². The number of hydrogen-bond acceptors (Lipinski definition) is 2. The second-order valence-electron chi connectivity index (χ2n) is 5.32. The van der Waals surface area contributed by atoms with Crippen molar-refractivity contribution in [1.29, 1.82) is 0 Å². The normalized spacial score (nSPS) is 28.5. The standard InChI is InChI=1S/C14H30N2/c1-4-6-7-8-14(11-15)16-12(3)9-10-13(16)5-2/h12-14H,4-11,15H2,1-3H3. The topological polar surface area (TPSA) is 29.3 Å². The van der Waals surface area contributed by atoms with Crippen molar-refractivity contribution in [1.82, 2.24) is 4.90 Å². The van der Waals surface area contributed by atoms with Crippen LogP contribution in [0.15, 0.2) is 0 Å². The van der Waals surface area contributed by atoms with Crippen molar-refractivity contribution in [2.24, 2.45) is 5.73 Å². The molecule has 0 saturated carbocycles. The number of nitrogens with zero attached hydrogens (tertiary/aromatic N) is 1. The number of rotatable bonds is 7. The van der Waals surface area contributed by atoms with E-state index in [9.17, 15) is 0 Å². The quantitative estimate of drug-likeness (QED) is 0.676. The molecule has 0 spiro atoms. The second kappa shape index (κ2) is 7.29. The van der Waals surface area contributed by atoms with Gasteiger partial charge in [-0.1, -0.05) is 33.1 Å². The largest absolute Gasteiger partial charge is 0.329 e. The Morgan fingerprint density at radius 2 is 2.00 bits per heavy atom. The van der Waals surface area contributed by atoms with Gasteiger partial charge in [-0.05, 0) is 32.6 Å². The smallest absolute Gasteiger partial charge is 0.0224 e. The summed E-state index contributed by atoms with van der Waals surface area (Å²) in [5, 5.41) is 0. The van der Waals surface area contributed by atoms with Gasteiger partial charge >= 0.3 is 0 Å². The predicted octanol–water partition coefficient (Wildman–Crippen LogP) is 3.16. The van der Waals surface area contributed by atoms with Crippen molar-refractivity contribution in [3.63, 3.8) is 0 Å². The Labute approximate surface area is 102 Å². The molecule has 1 rings (SSSR count). The van der Waals surface area contributed by atoms with Crippen LogP contribution in [-0.2, 0) is 0 Å². The summed E-state index contributed by atoms with van der Waals surface area (Å²) < 4.78 is 0. The fourth-order valence-electron chi connectivity index (χ4n) is 3.18. The first-order valence-electron chi connectivity index (χ1n) is 7.22. The lowest BCUT2D eigenvalue weighted by Gasteiger charge is -2.35. The maximum Gasteiger partial charge on any atom is 0.0224 e. The van der Waals surface area contributed by atoms with Crippen LogP contribution in [0.5, 0.6) is 0 Å². The van der Waals surface area contributed by atoms with Crippen LogP contribution in [0.2, 0.25) is 0 Å². The van der Waals surface area contributed by atoms with E-state index in [0.29, 0.717) is 6.04 Å². The van der Waals surface area contributed by atoms with Crippen molar-refractivity contribution in [3.8, 4) is 0 Å². The summed E-state index contributed by atoms with van der Waals surface area (Å²) in [5.74, 6) is 0. The molecule has 96 valence electrons. The van der Waals surface area contributed by atoms with Crippen LogP contribution in [0.3, 0.4) is 0 Å². The van der Waals surface area contributed by atoms with Crippen LogP contribution in [0.1, 0.15) is 65.7 Å². The Kier molecular flexibility index (Phi) is 6.37. The third-order valence-electron chi connectivity index (χ3n) is 4.15. The monoisotopic (exact) mass is 226 g/mol. The van der Waals surface area contributed by atoms with Crippen LogP contribution in [0, 0.1) is 0 Å². The van der Waals surface area contributed by atoms with E-state index in [-0.39, 0.29) is 0 Å². The van der Waals surface area contributed by atoms with Crippen LogP contribution in [0.25, 0.3) is 0 Å². The highest BCUT2D eigenvalue weighted by Crippen LogP contribution is 2.29. The van der Waals surface area contributed by atoms with E-state index in [4.69, 9.17) is 5.73 Å². The van der Waals surface area contributed by atoms with Crippen LogP contribution in [0.4, 0.5) is 0 Å². The third kappa shape index (κ3) is 3.46. The predicted molar refractivity (Wildman–Crippen MR) is 71.6 cm³/mol. The molecular formula is C14H30N2. The second-order valence-corrected chi connectivity index (χ2v) is 5.32. The van der Waals surface area contributed by atoms with E-state index in [0.717, 1.165) is 18.6 Å². The van der Waals surface area contributed by atoms with Crippen molar-refractivity contribution in [3.05, 3.63) is 0 Å². The molecule has 0 aromatic carbocycles. The summed E-state index contributed by atoms with van der Waals surface area (Å²) in [7, 11) is 0. The molecule has 0 amide bonds. The fraction of sp³-hybridized carbons (Fsp3) is 1.00. The first-order chi connectivity index (χ1) is 7.74. The Balaban J connectivity index is 2.48. The van der Waals surface area contributed by atoms with Crippen molar-refractivity contribution >= 4 is 0 Å². The van der Waals surface area contributed by atoms with Gasteiger partial charge in [0.2, 0.25) is 0 Å². The van der Waals surface area contributed by atoms with Crippen LogP contribution in [-0.4, -0.2) is 29.6 Å². The molecule has 2 N–H and O–H groups in total. The van der Waals surface area contributed by atoms with Crippen molar-refractivity contribution < 1.29 is 0 Å². The minimum Gasteiger partial charge on any atom is -0.329 e. The van der Waals surface area contributed by atoms with Gasteiger partial charge in [0.25, 0.3) is 0 Å². The van der Waals surface area contributed by atoms with Gasteiger partial charge < -0.3 is 5.73 Å². The molecule has 1 aliphatic heterocycles. The summed E-state index contributed by atoms with van der Waals surface area (Å²) in [6.45, 7) is 7.79. The SMILES string of the molecule is CCCCCC(CN)N1C(C)CCC1CC. The average Bonchev–Trinajstić information content (AvgIpc) is 2.66. The van der Waals surface area contributed by atoms with Crippen molar-refractivity contribution in [2.75, 3.05) is 6.54 Å². The lowest BCUT2D eigenvalue weighted by atomic mass is 10.0. The molecule has 16 heavy (non-hydrogen) atoms. The van der Waals surface area contributed by atoms with E-state index in [1.807, 2.05) is 0 Å². The molecule has 0 bridgehead atoms. The molecule has 2 heteroatoms. The maximum absolute atomic E-state index is 5.97. The minimum atomic E-state index is 0.633. The number of likely N-dealkylation sites (tertiary alicyclic amines) is 1. The molecule has 1 heterocycles. The average molecular weight is 226 g/mol. The summed E-state index contributed by atoms with van der Waals surface area (Å²) in [6.07, 6.45) is 9.34. The summed E-state index contributed by atoms with van der Waals surface area (Å²) in [5.41, 5.74) is 5.97. The Bertz CT molecular complexity index is 182. The van der Waals surface area contributed by atoms with Gasteiger partial charge in [0.05, 0.1) is 0 Å². The molecule has 3 atom stereocenters. The van der Waals surface area contributed by atoms with Gasteiger partial charge in [-0.15, -0.1) is 0 Å². The fourth-order valence-corrected chi connectivity index (χ4v) is 3.18. The minimum absolute atomic E-state index is 0.633. The molecule has 1 aliphatic rings. The Morgan fingerprint density at radius 1 is 1.25 bits per heavy atom. The zero-order valence-electron chi connectivity index (χ0n) is 11.4. The van der Waals surface area contributed by atoms with E-state index in [1.165, 1.54) is 44.9 Å². The molecule has 0 aromatic heterocycles. The lowest BCUT2D eigenvalue weighted by molar-refractivity contribution is 0.127. The molecule has 1 saturated heterocycles. The summed E-state index contributed by atoms with van der Waals surface area (Å²) >= 11 is 0. The highest BCUT2D eigenvalue weighted by Gasteiger charge is 2.33. The number of hydrogen-bond donors (Lipinski definition) is 1. The number of nitrogens with two attached hydrogens (primary N) is 1. The van der Waals surface area contributed by atoms with Crippen LogP contribution < -0.4 is 5.73 Å². The highest BCUT2D eigenvalue weighted by molar-refractivity contribution is 4.89. The molecule has 0 aromatic rings. The van der Waals surface area contributed by atoms with E-state index in [2.05, 4.69) is 25.7 Å². The van der Waals surface area contributed by atoms with E-state index >= 15 is 0 Å². The molecule has 0 radical (unpaired) electrons. The van der Waals surface area contributed by atoms with Gasteiger partial charge in [-0.3, -0.25) is 4.90 Å². The molecule has 0 aliphatic carbocycles. The van der Waals surface area contributed by atoms with E-state index in [1.54, 1.807) is 0 Å². The van der Waals surface area contributed by atoms with Crippen molar-refractivity contribution in [2.45, 2.75) is 83.8 Å². The Hall–Kier alpha value is -0.0800.